The van der Waals surface area contributed by atoms with Gasteiger partial charge in [-0.05, 0) is 37.4 Å². The van der Waals surface area contributed by atoms with Gasteiger partial charge in [0.15, 0.2) is 14.6 Å². The van der Waals surface area contributed by atoms with Crippen LogP contribution in [0.5, 0.6) is 0 Å². The summed E-state index contributed by atoms with van der Waals surface area (Å²) in [5.74, 6) is 0.377. The first-order valence-corrected chi connectivity index (χ1v) is 12.7. The van der Waals surface area contributed by atoms with Crippen LogP contribution in [0.25, 0.3) is 0 Å². The Labute approximate surface area is 152 Å². The fourth-order valence-corrected chi connectivity index (χ4v) is 4.92. The van der Waals surface area contributed by atoms with Gasteiger partial charge in [-0.2, -0.15) is 0 Å². The van der Waals surface area contributed by atoms with Crippen LogP contribution < -0.4 is 0 Å². The van der Waals surface area contributed by atoms with Crippen molar-refractivity contribution in [2.45, 2.75) is 89.5 Å². The molecule has 2 aliphatic heterocycles. The monoisotopic (exact) mass is 370 g/mol. The zero-order chi connectivity index (χ0) is 18.2. The Hall–Kier alpha value is -0.433. The predicted octanol–water partition coefficient (Wildman–Crippen LogP) is 3.87. The lowest BCUT2D eigenvalue weighted by Crippen LogP contribution is -2.44. The van der Waals surface area contributed by atoms with E-state index >= 15 is 0 Å². The van der Waals surface area contributed by atoms with Gasteiger partial charge in [-0.15, -0.1) is 0 Å². The van der Waals surface area contributed by atoms with Crippen LogP contribution in [-0.2, 0) is 23.4 Å². The molecule has 0 N–H and O–H groups in total. The lowest BCUT2D eigenvalue weighted by Gasteiger charge is -2.38. The zero-order valence-corrected chi connectivity index (χ0v) is 17.4. The summed E-state index contributed by atoms with van der Waals surface area (Å²) in [7, 11) is -1.83. The summed E-state index contributed by atoms with van der Waals surface area (Å²) in [5.41, 5.74) is 0. The van der Waals surface area contributed by atoms with Crippen LogP contribution in [0.4, 0.5) is 0 Å². The van der Waals surface area contributed by atoms with Crippen molar-refractivity contribution in [2.75, 3.05) is 13.2 Å². The number of fused-ring (bicyclic) bond motifs is 1. The van der Waals surface area contributed by atoms with E-state index in [1.54, 1.807) is 0 Å². The van der Waals surface area contributed by atoms with Gasteiger partial charge in [0.05, 0.1) is 12.5 Å². The Morgan fingerprint density at radius 2 is 2.00 bits per heavy atom. The molecule has 2 saturated heterocycles. The van der Waals surface area contributed by atoms with Crippen molar-refractivity contribution in [1.82, 2.24) is 0 Å². The number of hydrogen-bond donors (Lipinski definition) is 0. The van der Waals surface area contributed by atoms with E-state index in [0.717, 1.165) is 32.3 Å². The van der Waals surface area contributed by atoms with Crippen LogP contribution >= 0.6 is 0 Å². The van der Waals surface area contributed by atoms with Gasteiger partial charge in [-0.1, -0.05) is 20.8 Å². The highest BCUT2D eigenvalue weighted by Gasteiger charge is 2.52. The normalized spacial score (nSPS) is 36.4. The Morgan fingerprint density at radius 1 is 1.24 bits per heavy atom. The van der Waals surface area contributed by atoms with E-state index in [1.807, 2.05) is 0 Å². The second-order valence-corrected chi connectivity index (χ2v) is 14.1. The lowest BCUT2D eigenvalue weighted by atomic mass is 9.93. The van der Waals surface area contributed by atoms with Gasteiger partial charge in [-0.3, -0.25) is 4.79 Å². The first kappa shape index (κ1) is 19.3. The minimum atomic E-state index is -1.83. The number of esters is 1. The molecule has 1 saturated carbocycles. The molecule has 25 heavy (non-hydrogen) atoms. The zero-order valence-electron chi connectivity index (χ0n) is 16.4. The largest absolute Gasteiger partial charge is 0.462 e. The summed E-state index contributed by atoms with van der Waals surface area (Å²) >= 11 is 0. The molecular weight excluding hydrogens is 336 g/mol. The van der Waals surface area contributed by atoms with Crippen molar-refractivity contribution < 1.29 is 23.4 Å². The Kier molecular flexibility index (Phi) is 5.64. The molecule has 0 radical (unpaired) electrons. The molecule has 3 aliphatic rings. The molecule has 6 heteroatoms. The maximum Gasteiger partial charge on any atom is 0.306 e. The van der Waals surface area contributed by atoms with Gasteiger partial charge >= 0.3 is 5.97 Å². The van der Waals surface area contributed by atoms with Crippen molar-refractivity contribution in [3.63, 3.8) is 0 Å². The fourth-order valence-electron chi connectivity index (χ4n) is 3.88. The van der Waals surface area contributed by atoms with Crippen molar-refractivity contribution in [2.24, 2.45) is 11.8 Å². The van der Waals surface area contributed by atoms with Crippen molar-refractivity contribution in [1.29, 1.82) is 0 Å². The Balaban J connectivity index is 1.66. The third kappa shape index (κ3) is 4.29. The molecule has 2 heterocycles. The summed E-state index contributed by atoms with van der Waals surface area (Å²) in [6.07, 6.45) is 4.47. The summed E-state index contributed by atoms with van der Waals surface area (Å²) in [4.78, 5) is 11.7. The molecule has 0 aromatic carbocycles. The van der Waals surface area contributed by atoms with Gasteiger partial charge in [0.2, 0.25) is 0 Å². The van der Waals surface area contributed by atoms with E-state index in [4.69, 9.17) is 18.6 Å². The molecule has 5 atom stereocenters. The van der Waals surface area contributed by atoms with Crippen molar-refractivity contribution >= 4 is 14.3 Å². The number of rotatable bonds is 5. The van der Waals surface area contributed by atoms with Gasteiger partial charge in [0.25, 0.3) is 0 Å². The van der Waals surface area contributed by atoms with Gasteiger partial charge < -0.3 is 18.6 Å². The maximum absolute atomic E-state index is 11.7. The van der Waals surface area contributed by atoms with Crippen LogP contribution in [-0.4, -0.2) is 46.0 Å². The highest BCUT2D eigenvalue weighted by Crippen LogP contribution is 2.45. The standard InChI is InChI=1S/C19H34O5Si/c1-19(2,3)25(4,5)22-12-14-13-10-17(20)23-15(13)11-16(14)24-18-8-6-7-9-21-18/h13-16,18H,6-12H2,1-5H3/t13-,14-,15+,16-,18?/m0/s1. The quantitative estimate of drug-likeness (QED) is 0.543. The highest BCUT2D eigenvalue weighted by atomic mass is 28.4. The van der Waals surface area contributed by atoms with Gasteiger partial charge in [0.1, 0.15) is 6.10 Å². The van der Waals surface area contributed by atoms with E-state index in [-0.39, 0.29) is 41.3 Å². The summed E-state index contributed by atoms with van der Waals surface area (Å²) in [5, 5.41) is 0.176. The summed E-state index contributed by atoms with van der Waals surface area (Å²) in [6.45, 7) is 12.7. The SMILES string of the molecule is CC(C)(C)[Si](C)(C)OC[C@H]1[C@@H]2CC(=O)O[C@@H]2C[C@@H]1OC1CCCCO1. The summed E-state index contributed by atoms with van der Waals surface area (Å²) < 4.78 is 24.1. The maximum atomic E-state index is 11.7. The number of hydrogen-bond acceptors (Lipinski definition) is 5. The molecule has 3 rings (SSSR count). The average Bonchev–Trinajstić information content (AvgIpc) is 3.01. The van der Waals surface area contributed by atoms with Crippen LogP contribution in [0.1, 0.15) is 52.9 Å². The van der Waals surface area contributed by atoms with Crippen LogP contribution in [0.3, 0.4) is 0 Å². The molecule has 144 valence electrons. The molecule has 0 aromatic rings. The van der Waals surface area contributed by atoms with E-state index < -0.39 is 8.32 Å². The van der Waals surface area contributed by atoms with Crippen LogP contribution in [0.15, 0.2) is 0 Å². The summed E-state index contributed by atoms with van der Waals surface area (Å²) in [6, 6.07) is 0. The molecule has 3 fully saturated rings. The van der Waals surface area contributed by atoms with Crippen LogP contribution in [0.2, 0.25) is 18.1 Å². The van der Waals surface area contributed by atoms with E-state index in [1.165, 1.54) is 0 Å². The van der Waals surface area contributed by atoms with Crippen molar-refractivity contribution in [3.05, 3.63) is 0 Å². The molecule has 0 bridgehead atoms. The average molecular weight is 371 g/mol. The lowest BCUT2D eigenvalue weighted by molar-refractivity contribution is -0.198. The first-order valence-electron chi connectivity index (χ1n) is 9.78. The molecule has 0 amide bonds. The minimum absolute atomic E-state index is 0.00546. The third-order valence-corrected chi connectivity index (χ3v) is 11.1. The number of carbonyl (C=O) groups is 1. The fraction of sp³-hybridized carbons (Fsp3) is 0.947. The molecule has 1 aliphatic carbocycles. The van der Waals surface area contributed by atoms with Gasteiger partial charge in [0, 0.05) is 31.5 Å². The van der Waals surface area contributed by atoms with E-state index in [0.29, 0.717) is 13.0 Å². The molecule has 1 unspecified atom stereocenters. The highest BCUT2D eigenvalue weighted by molar-refractivity contribution is 6.74. The van der Waals surface area contributed by atoms with E-state index in [9.17, 15) is 4.79 Å². The molecule has 0 spiro atoms. The van der Waals surface area contributed by atoms with Gasteiger partial charge in [-0.25, -0.2) is 0 Å². The topological polar surface area (TPSA) is 54.0 Å². The molecule has 0 aromatic heterocycles. The predicted molar refractivity (Wildman–Crippen MR) is 97.7 cm³/mol. The molecule has 5 nitrogen and oxygen atoms in total. The van der Waals surface area contributed by atoms with Crippen molar-refractivity contribution in [3.8, 4) is 0 Å². The van der Waals surface area contributed by atoms with Crippen LogP contribution in [0, 0.1) is 11.8 Å². The number of ether oxygens (including phenoxy) is 3. The number of carbonyl (C=O) groups excluding carboxylic acids is 1. The first-order chi connectivity index (χ1) is 11.7. The second-order valence-electron chi connectivity index (χ2n) is 9.34. The minimum Gasteiger partial charge on any atom is -0.462 e. The Bertz CT molecular complexity index is 481. The Morgan fingerprint density at radius 3 is 2.64 bits per heavy atom. The molecular formula is C19H34O5Si. The smallest absolute Gasteiger partial charge is 0.306 e. The second kappa shape index (κ2) is 7.29. The third-order valence-electron chi connectivity index (χ3n) is 6.56. The van der Waals surface area contributed by atoms with E-state index in [2.05, 4.69) is 33.9 Å².